The zero-order valence-electron chi connectivity index (χ0n) is 9.70. The van der Waals surface area contributed by atoms with Crippen LogP contribution in [-0.2, 0) is 4.79 Å². The Morgan fingerprint density at radius 2 is 2.18 bits per heavy atom. The molecule has 0 spiro atoms. The van der Waals surface area contributed by atoms with E-state index in [1.54, 1.807) is 4.90 Å². The first-order valence-corrected chi connectivity index (χ1v) is 6.73. The maximum Gasteiger partial charge on any atom is 0.327 e. The van der Waals surface area contributed by atoms with Crippen LogP contribution in [0, 0.1) is 0 Å². The molecule has 0 radical (unpaired) electrons. The summed E-state index contributed by atoms with van der Waals surface area (Å²) in [7, 11) is 0. The lowest BCUT2D eigenvalue weighted by Crippen LogP contribution is -2.51. The Kier molecular flexibility index (Phi) is 3.61. The Morgan fingerprint density at radius 3 is 2.76 bits per heavy atom. The van der Waals surface area contributed by atoms with Gasteiger partial charge in [-0.05, 0) is 13.3 Å². The summed E-state index contributed by atoms with van der Waals surface area (Å²) in [5, 5.41) is 9.05. The molecule has 2 atom stereocenters. The molecule has 0 bridgehead atoms. The molecule has 0 aromatic rings. The van der Waals surface area contributed by atoms with Gasteiger partial charge in [-0.15, -0.1) is 11.8 Å². The van der Waals surface area contributed by atoms with E-state index in [-0.39, 0.29) is 11.4 Å². The second kappa shape index (κ2) is 5.00. The van der Waals surface area contributed by atoms with Crippen molar-refractivity contribution in [3.8, 4) is 0 Å². The summed E-state index contributed by atoms with van der Waals surface area (Å²) in [4.78, 5) is 26.6. The number of thioether (sulfide) groups is 1. The van der Waals surface area contributed by atoms with Gasteiger partial charge in [0.1, 0.15) is 6.04 Å². The van der Waals surface area contributed by atoms with E-state index < -0.39 is 12.0 Å². The largest absolute Gasteiger partial charge is 0.480 e. The SMILES string of the molecule is CC1SCC(C(=O)O)N1C(=O)N1CC=CCC1. The smallest absolute Gasteiger partial charge is 0.327 e. The predicted octanol–water partition coefficient (Wildman–Crippen LogP) is 1.22. The average Bonchev–Trinajstić information content (AvgIpc) is 2.71. The van der Waals surface area contributed by atoms with Crippen LogP contribution in [-0.4, -0.2) is 57.2 Å². The van der Waals surface area contributed by atoms with Crippen LogP contribution >= 0.6 is 11.8 Å². The molecule has 5 nitrogen and oxygen atoms in total. The molecule has 2 aliphatic rings. The first-order valence-electron chi connectivity index (χ1n) is 5.68. The number of aliphatic carboxylic acids is 1. The van der Waals surface area contributed by atoms with E-state index in [4.69, 9.17) is 5.11 Å². The fourth-order valence-corrected chi connectivity index (χ4v) is 3.26. The van der Waals surface area contributed by atoms with Crippen molar-refractivity contribution in [1.82, 2.24) is 9.80 Å². The highest BCUT2D eigenvalue weighted by Crippen LogP contribution is 2.30. The Hall–Kier alpha value is -1.17. The van der Waals surface area contributed by atoms with Gasteiger partial charge in [0.25, 0.3) is 0 Å². The van der Waals surface area contributed by atoms with Crippen molar-refractivity contribution in [3.05, 3.63) is 12.2 Å². The summed E-state index contributed by atoms with van der Waals surface area (Å²) in [6.45, 7) is 3.14. The summed E-state index contributed by atoms with van der Waals surface area (Å²) in [5.41, 5.74) is 0. The highest BCUT2D eigenvalue weighted by Gasteiger charge is 2.41. The van der Waals surface area contributed by atoms with Crippen molar-refractivity contribution in [2.75, 3.05) is 18.8 Å². The van der Waals surface area contributed by atoms with Crippen LogP contribution in [0.15, 0.2) is 12.2 Å². The first kappa shape index (κ1) is 12.3. The van der Waals surface area contributed by atoms with E-state index in [1.807, 2.05) is 19.1 Å². The normalized spacial score (nSPS) is 28.5. The number of hydrogen-bond acceptors (Lipinski definition) is 3. The van der Waals surface area contributed by atoms with Gasteiger partial charge in [-0.25, -0.2) is 9.59 Å². The predicted molar refractivity (Wildman–Crippen MR) is 65.9 cm³/mol. The summed E-state index contributed by atoms with van der Waals surface area (Å²) < 4.78 is 0. The van der Waals surface area contributed by atoms with E-state index in [1.165, 1.54) is 16.7 Å². The maximum atomic E-state index is 12.3. The molecule has 0 saturated carbocycles. The molecule has 6 heteroatoms. The number of hydrogen-bond donors (Lipinski definition) is 1. The van der Waals surface area contributed by atoms with Crippen LogP contribution in [0.25, 0.3) is 0 Å². The lowest BCUT2D eigenvalue weighted by molar-refractivity contribution is -0.141. The molecule has 1 fully saturated rings. The van der Waals surface area contributed by atoms with Crippen molar-refractivity contribution in [1.29, 1.82) is 0 Å². The minimum absolute atomic E-state index is 0.0606. The van der Waals surface area contributed by atoms with Gasteiger partial charge in [0.15, 0.2) is 0 Å². The molecule has 0 aromatic heterocycles. The number of urea groups is 1. The van der Waals surface area contributed by atoms with Crippen molar-refractivity contribution in [3.63, 3.8) is 0 Å². The number of amides is 2. The van der Waals surface area contributed by atoms with Gasteiger partial charge < -0.3 is 10.0 Å². The van der Waals surface area contributed by atoms with Crippen LogP contribution in [0.3, 0.4) is 0 Å². The standard InChI is InChI=1S/C11H16N2O3S/c1-8-13(9(7-17-8)10(14)15)11(16)12-5-3-2-4-6-12/h2-3,8-9H,4-7H2,1H3,(H,14,15). The molecule has 1 saturated heterocycles. The van der Waals surface area contributed by atoms with Crippen molar-refractivity contribution >= 4 is 23.8 Å². The van der Waals surface area contributed by atoms with Gasteiger partial charge >= 0.3 is 12.0 Å². The van der Waals surface area contributed by atoms with E-state index in [0.717, 1.165) is 6.42 Å². The minimum atomic E-state index is -0.914. The second-order valence-electron chi connectivity index (χ2n) is 4.18. The molecule has 17 heavy (non-hydrogen) atoms. The van der Waals surface area contributed by atoms with Crippen LogP contribution in [0.4, 0.5) is 4.79 Å². The summed E-state index contributed by atoms with van der Waals surface area (Å²) in [6, 6.07) is -0.840. The highest BCUT2D eigenvalue weighted by atomic mass is 32.2. The molecular formula is C11H16N2O3S. The maximum absolute atomic E-state index is 12.3. The van der Waals surface area contributed by atoms with Crippen LogP contribution in [0.1, 0.15) is 13.3 Å². The lowest BCUT2D eigenvalue weighted by atomic mass is 10.2. The molecule has 2 unspecified atom stereocenters. The molecule has 2 amide bonds. The first-order chi connectivity index (χ1) is 8.11. The molecule has 2 aliphatic heterocycles. The Balaban J connectivity index is 2.10. The fourth-order valence-electron chi connectivity index (χ4n) is 2.10. The molecule has 2 heterocycles. The summed E-state index contributed by atoms with van der Waals surface area (Å²) >= 11 is 1.51. The molecule has 94 valence electrons. The van der Waals surface area contributed by atoms with E-state index in [0.29, 0.717) is 18.8 Å². The van der Waals surface area contributed by atoms with E-state index in [2.05, 4.69) is 0 Å². The van der Waals surface area contributed by atoms with Crippen LogP contribution in [0.5, 0.6) is 0 Å². The number of nitrogens with zero attached hydrogens (tertiary/aromatic N) is 2. The Labute approximate surface area is 104 Å². The third-order valence-corrected chi connectivity index (χ3v) is 4.28. The van der Waals surface area contributed by atoms with Gasteiger partial charge in [-0.1, -0.05) is 12.2 Å². The molecule has 0 aromatic carbocycles. The van der Waals surface area contributed by atoms with E-state index >= 15 is 0 Å². The zero-order valence-corrected chi connectivity index (χ0v) is 10.5. The average molecular weight is 256 g/mol. The van der Waals surface area contributed by atoms with Crippen molar-refractivity contribution < 1.29 is 14.7 Å². The monoisotopic (exact) mass is 256 g/mol. The molecular weight excluding hydrogens is 240 g/mol. The molecule has 2 rings (SSSR count). The highest BCUT2D eigenvalue weighted by molar-refractivity contribution is 8.00. The number of rotatable bonds is 1. The van der Waals surface area contributed by atoms with Crippen molar-refractivity contribution in [2.45, 2.75) is 24.8 Å². The quantitative estimate of drug-likeness (QED) is 0.717. The van der Waals surface area contributed by atoms with Crippen LogP contribution < -0.4 is 0 Å². The summed E-state index contributed by atoms with van der Waals surface area (Å²) in [6.07, 6.45) is 4.84. The van der Waals surface area contributed by atoms with Crippen molar-refractivity contribution in [2.24, 2.45) is 0 Å². The lowest BCUT2D eigenvalue weighted by Gasteiger charge is -2.32. The molecule has 1 N–H and O–H groups in total. The van der Waals surface area contributed by atoms with Crippen LogP contribution in [0.2, 0.25) is 0 Å². The Morgan fingerprint density at radius 1 is 1.41 bits per heavy atom. The van der Waals surface area contributed by atoms with Gasteiger partial charge in [-0.2, -0.15) is 0 Å². The third-order valence-electron chi connectivity index (χ3n) is 3.06. The topological polar surface area (TPSA) is 60.9 Å². The zero-order chi connectivity index (χ0) is 12.4. The van der Waals surface area contributed by atoms with E-state index in [9.17, 15) is 9.59 Å². The Bertz CT molecular complexity index is 359. The second-order valence-corrected chi connectivity index (χ2v) is 5.53. The van der Waals surface area contributed by atoms with Gasteiger partial charge in [0, 0.05) is 18.8 Å². The number of carbonyl (C=O) groups is 2. The van der Waals surface area contributed by atoms with Gasteiger partial charge in [0.05, 0.1) is 5.37 Å². The number of carbonyl (C=O) groups excluding carboxylic acids is 1. The number of carboxylic acid groups (broad SMARTS) is 1. The summed E-state index contributed by atoms with van der Waals surface area (Å²) in [5.74, 6) is -0.436. The van der Waals surface area contributed by atoms with Gasteiger partial charge in [-0.3, -0.25) is 4.90 Å². The third kappa shape index (κ3) is 2.41. The fraction of sp³-hybridized carbons (Fsp3) is 0.636. The van der Waals surface area contributed by atoms with Gasteiger partial charge in [0.2, 0.25) is 0 Å². The number of carboxylic acids is 1. The minimum Gasteiger partial charge on any atom is -0.480 e. The molecule has 0 aliphatic carbocycles.